The Kier molecular flexibility index (Phi) is 11.9. The molecule has 0 fully saturated rings. The maximum Gasteiger partial charge on any atom is 0.408 e. The van der Waals surface area contributed by atoms with Gasteiger partial charge in [0.15, 0.2) is 0 Å². The van der Waals surface area contributed by atoms with Crippen LogP contribution >= 0.6 is 12.6 Å². The summed E-state index contributed by atoms with van der Waals surface area (Å²) in [7, 11) is 0. The van der Waals surface area contributed by atoms with E-state index in [1.807, 2.05) is 51.1 Å². The first-order valence-electron chi connectivity index (χ1n) is 12.1. The van der Waals surface area contributed by atoms with Crippen LogP contribution in [0, 0.1) is 0 Å². The average Bonchev–Trinajstić information content (AvgIpc) is 2.77. The minimum absolute atomic E-state index is 0.0635. The van der Waals surface area contributed by atoms with Gasteiger partial charge in [0.2, 0.25) is 11.8 Å². The van der Waals surface area contributed by atoms with Gasteiger partial charge in [-0.15, -0.1) is 0 Å². The summed E-state index contributed by atoms with van der Waals surface area (Å²) in [4.78, 5) is 41.4. The Morgan fingerprint density at radius 2 is 1.65 bits per heavy atom. The van der Waals surface area contributed by atoms with E-state index in [1.165, 1.54) is 0 Å². The zero-order valence-corrected chi connectivity index (χ0v) is 22.7. The molecule has 0 bridgehead atoms. The van der Waals surface area contributed by atoms with Crippen LogP contribution in [0.2, 0.25) is 0 Å². The number of alkyl carbamates (subject to hydrolysis) is 1. The molecule has 0 saturated carbocycles. The fourth-order valence-electron chi connectivity index (χ4n) is 3.48. The maximum atomic E-state index is 13.9. The highest BCUT2D eigenvalue weighted by molar-refractivity contribution is 7.80. The lowest BCUT2D eigenvalue weighted by Crippen LogP contribution is -2.59. The normalized spacial score (nSPS) is 13.5. The summed E-state index contributed by atoms with van der Waals surface area (Å²) in [5.74, 6) is -0.564. The Morgan fingerprint density at radius 1 is 1.03 bits per heavy atom. The fraction of sp³-hybridized carbons (Fsp3) is 0.654. The van der Waals surface area contributed by atoms with E-state index in [-0.39, 0.29) is 17.6 Å². The minimum Gasteiger partial charge on any atom is -0.444 e. The lowest BCUT2D eigenvalue weighted by atomic mass is 9.92. The largest absolute Gasteiger partial charge is 0.444 e. The van der Waals surface area contributed by atoms with Crippen LogP contribution in [-0.2, 0) is 14.3 Å². The second-order valence-corrected chi connectivity index (χ2v) is 10.4. The van der Waals surface area contributed by atoms with Crippen molar-refractivity contribution in [1.82, 2.24) is 15.5 Å². The summed E-state index contributed by atoms with van der Waals surface area (Å²) in [5, 5.41) is 5.66. The van der Waals surface area contributed by atoms with E-state index in [2.05, 4.69) is 30.2 Å². The molecule has 2 unspecified atom stereocenters. The van der Waals surface area contributed by atoms with Gasteiger partial charge in [-0.3, -0.25) is 9.59 Å². The molecule has 2 atom stereocenters. The highest BCUT2D eigenvalue weighted by Gasteiger charge is 2.42. The van der Waals surface area contributed by atoms with Gasteiger partial charge < -0.3 is 20.3 Å². The standard InChI is InChI=1S/C26H43N3O4S/c1-8-10-14-17-27-22(30)21(19-15-12-11-13-16-19)29(26(6,7)9-2)23(31)20(18-34)28-24(32)33-25(3,4)5/h11-13,15-16,20-21,34H,8-10,14,17-18H2,1-7H3,(H,27,30)(H,28,32). The van der Waals surface area contributed by atoms with E-state index in [1.54, 1.807) is 25.7 Å². The lowest BCUT2D eigenvalue weighted by Gasteiger charge is -2.44. The molecule has 0 spiro atoms. The number of nitrogens with zero attached hydrogens (tertiary/aromatic N) is 1. The smallest absolute Gasteiger partial charge is 0.408 e. The second kappa shape index (κ2) is 13.6. The van der Waals surface area contributed by atoms with Crippen molar-refractivity contribution in [3.8, 4) is 0 Å². The highest BCUT2D eigenvalue weighted by atomic mass is 32.1. The number of ether oxygens (including phenoxy) is 1. The van der Waals surface area contributed by atoms with Crippen LogP contribution in [0.25, 0.3) is 0 Å². The topological polar surface area (TPSA) is 87.7 Å². The predicted molar refractivity (Wildman–Crippen MR) is 140 cm³/mol. The number of benzene rings is 1. The summed E-state index contributed by atoms with van der Waals surface area (Å²) in [6.45, 7) is 13.7. The van der Waals surface area contributed by atoms with Gasteiger partial charge in [0.1, 0.15) is 17.7 Å². The van der Waals surface area contributed by atoms with E-state index < -0.39 is 29.3 Å². The van der Waals surface area contributed by atoms with Crippen molar-refractivity contribution < 1.29 is 19.1 Å². The van der Waals surface area contributed by atoms with Gasteiger partial charge in [-0.2, -0.15) is 12.6 Å². The molecule has 0 aliphatic rings. The minimum atomic E-state index is -0.955. The average molecular weight is 494 g/mol. The third-order valence-corrected chi connectivity index (χ3v) is 5.99. The summed E-state index contributed by atoms with van der Waals surface area (Å²) < 4.78 is 5.35. The molecule has 192 valence electrons. The van der Waals surface area contributed by atoms with Crippen molar-refractivity contribution in [2.24, 2.45) is 0 Å². The van der Waals surface area contributed by atoms with Crippen LogP contribution in [0.3, 0.4) is 0 Å². The van der Waals surface area contributed by atoms with Crippen molar-refractivity contribution in [3.05, 3.63) is 35.9 Å². The van der Waals surface area contributed by atoms with E-state index in [0.29, 0.717) is 18.5 Å². The number of unbranched alkanes of at least 4 members (excludes halogenated alkanes) is 2. The molecule has 0 heterocycles. The van der Waals surface area contributed by atoms with Crippen molar-refractivity contribution in [2.45, 2.75) is 97.4 Å². The number of amides is 3. The summed E-state index contributed by atoms with van der Waals surface area (Å²) >= 11 is 4.33. The van der Waals surface area contributed by atoms with Crippen molar-refractivity contribution in [1.29, 1.82) is 0 Å². The third kappa shape index (κ3) is 9.20. The molecule has 7 nitrogen and oxygen atoms in total. The van der Waals surface area contributed by atoms with Gasteiger partial charge >= 0.3 is 6.09 Å². The molecule has 0 radical (unpaired) electrons. The summed E-state index contributed by atoms with van der Waals surface area (Å²) in [5.41, 5.74) is -0.669. The number of hydrogen-bond donors (Lipinski definition) is 3. The Hall–Kier alpha value is -2.22. The maximum absolute atomic E-state index is 13.9. The molecule has 1 rings (SSSR count). The van der Waals surface area contributed by atoms with Gasteiger partial charge in [0.05, 0.1) is 0 Å². The van der Waals surface area contributed by atoms with E-state index in [9.17, 15) is 14.4 Å². The first-order valence-corrected chi connectivity index (χ1v) is 12.8. The monoisotopic (exact) mass is 493 g/mol. The van der Waals surface area contributed by atoms with Crippen LogP contribution in [0.1, 0.15) is 85.8 Å². The Bertz CT molecular complexity index is 793. The molecule has 0 saturated heterocycles. The molecular formula is C26H43N3O4S. The van der Waals surface area contributed by atoms with E-state index >= 15 is 0 Å². The number of carbonyl (C=O) groups excluding carboxylic acids is 3. The molecule has 8 heteroatoms. The first kappa shape index (κ1) is 29.8. The van der Waals surface area contributed by atoms with Gasteiger partial charge in [-0.05, 0) is 53.0 Å². The summed E-state index contributed by atoms with van der Waals surface area (Å²) in [6.07, 6.45) is 2.84. The molecule has 2 N–H and O–H groups in total. The molecule has 3 amide bonds. The molecule has 34 heavy (non-hydrogen) atoms. The quantitative estimate of drug-likeness (QED) is 0.286. The number of carbonyl (C=O) groups is 3. The molecule has 0 aliphatic heterocycles. The first-order chi connectivity index (χ1) is 15.9. The van der Waals surface area contributed by atoms with Gasteiger partial charge in [0.25, 0.3) is 0 Å². The predicted octanol–water partition coefficient (Wildman–Crippen LogP) is 4.87. The molecule has 1 aromatic carbocycles. The third-order valence-electron chi connectivity index (χ3n) is 5.63. The zero-order valence-electron chi connectivity index (χ0n) is 21.8. The van der Waals surface area contributed by atoms with Crippen LogP contribution in [-0.4, -0.2) is 52.3 Å². The Labute approximate surface area is 210 Å². The number of hydrogen-bond acceptors (Lipinski definition) is 5. The fourth-order valence-corrected chi connectivity index (χ4v) is 3.73. The lowest BCUT2D eigenvalue weighted by molar-refractivity contribution is -0.148. The zero-order chi connectivity index (χ0) is 25.9. The molecule has 1 aromatic rings. The number of rotatable bonds is 12. The van der Waals surface area contributed by atoms with Gasteiger partial charge in [-0.25, -0.2) is 4.79 Å². The second-order valence-electron chi connectivity index (χ2n) is 10.1. The highest BCUT2D eigenvalue weighted by Crippen LogP contribution is 2.32. The van der Waals surface area contributed by atoms with Crippen LogP contribution in [0.5, 0.6) is 0 Å². The number of nitrogens with one attached hydrogen (secondary N) is 2. The SMILES string of the molecule is CCCCCNC(=O)C(c1ccccc1)N(C(=O)C(CS)NC(=O)OC(C)(C)C)C(C)(C)CC. The van der Waals surface area contributed by atoms with Crippen LogP contribution in [0.15, 0.2) is 30.3 Å². The van der Waals surface area contributed by atoms with Crippen LogP contribution < -0.4 is 10.6 Å². The molecule has 0 aromatic heterocycles. The number of thiol groups is 1. The summed E-state index contributed by atoms with van der Waals surface area (Å²) in [6, 6.07) is 7.46. The van der Waals surface area contributed by atoms with Crippen molar-refractivity contribution >= 4 is 30.5 Å². The van der Waals surface area contributed by atoms with Crippen molar-refractivity contribution in [3.63, 3.8) is 0 Å². The van der Waals surface area contributed by atoms with Gasteiger partial charge in [-0.1, -0.05) is 57.0 Å². The van der Waals surface area contributed by atoms with Gasteiger partial charge in [0, 0.05) is 17.8 Å². The van der Waals surface area contributed by atoms with E-state index in [4.69, 9.17) is 4.74 Å². The van der Waals surface area contributed by atoms with Crippen LogP contribution in [0.4, 0.5) is 4.79 Å². The Balaban J connectivity index is 3.38. The van der Waals surface area contributed by atoms with E-state index in [0.717, 1.165) is 19.3 Å². The molecular weight excluding hydrogens is 450 g/mol. The Morgan fingerprint density at radius 3 is 2.15 bits per heavy atom. The van der Waals surface area contributed by atoms with Crippen molar-refractivity contribution in [2.75, 3.05) is 12.3 Å². The molecule has 0 aliphatic carbocycles.